The number of Topliss-reactive ketones (excluding diaryl/α,β-unsaturated/α-hetero) is 1. The van der Waals surface area contributed by atoms with Crippen molar-refractivity contribution in [2.75, 3.05) is 5.32 Å². The lowest BCUT2D eigenvalue weighted by molar-refractivity contribution is 0.100. The Balaban J connectivity index is 1.60. The second kappa shape index (κ2) is 10.4. The maximum absolute atomic E-state index is 14.4. The molecule has 0 unspecified atom stereocenters. The molecule has 6 rings (SSSR count). The molecule has 202 valence electrons. The fraction of sp³-hybridized carbons (Fsp3) is 0.100. The molecule has 0 spiro atoms. The molecule has 0 aliphatic carbocycles. The average Bonchev–Trinajstić information content (AvgIpc) is 2.99. The lowest BCUT2D eigenvalue weighted by atomic mass is 9.99. The van der Waals surface area contributed by atoms with E-state index in [4.69, 9.17) is 11.6 Å². The molecule has 1 atom stereocenters. The zero-order valence-electron chi connectivity index (χ0n) is 21.9. The Hall–Kier alpha value is -5.22. The van der Waals surface area contributed by atoms with Gasteiger partial charge in [-0.1, -0.05) is 48.0 Å². The molecule has 10 nitrogen and oxygen atoms in total. The van der Waals surface area contributed by atoms with E-state index in [9.17, 15) is 14.4 Å². The summed E-state index contributed by atoms with van der Waals surface area (Å²) >= 11 is 7.13. The van der Waals surface area contributed by atoms with Crippen LogP contribution in [0.5, 0.6) is 0 Å². The van der Waals surface area contributed by atoms with Crippen molar-refractivity contribution in [2.24, 2.45) is 0 Å². The van der Waals surface area contributed by atoms with Gasteiger partial charge in [-0.15, -0.1) is 0 Å². The van der Waals surface area contributed by atoms with Crippen molar-refractivity contribution in [1.29, 1.82) is 0 Å². The van der Waals surface area contributed by atoms with Gasteiger partial charge in [0.2, 0.25) is 0 Å². The fourth-order valence-corrected chi connectivity index (χ4v) is 5.33. The molecule has 4 heterocycles. The lowest BCUT2D eigenvalue weighted by Gasteiger charge is -2.24. The van der Waals surface area contributed by atoms with Gasteiger partial charge < -0.3 is 10.3 Å². The molecule has 4 aromatic heterocycles. The Bertz CT molecular complexity index is 2070. The van der Waals surface area contributed by atoms with Crippen LogP contribution in [0.3, 0.4) is 0 Å². The van der Waals surface area contributed by atoms with Gasteiger partial charge in [-0.3, -0.25) is 19.0 Å². The number of ketones is 1. The van der Waals surface area contributed by atoms with Gasteiger partial charge in [-0.2, -0.15) is 0 Å². The maximum atomic E-state index is 14.4. The minimum Gasteiger partial charge on any atom is -0.361 e. The molecule has 0 aliphatic heterocycles. The number of benzene rings is 2. The second-order valence-electron chi connectivity index (χ2n) is 9.41. The first-order valence-corrected chi connectivity index (χ1v) is 13.1. The molecule has 41 heavy (non-hydrogen) atoms. The maximum Gasteiger partial charge on any atom is 0.263 e. The van der Waals surface area contributed by atoms with Crippen LogP contribution in [0.15, 0.2) is 89.1 Å². The van der Waals surface area contributed by atoms with Gasteiger partial charge in [0.15, 0.2) is 17.0 Å². The lowest BCUT2D eigenvalue weighted by Crippen LogP contribution is -2.27. The normalized spacial score (nSPS) is 12.0. The van der Waals surface area contributed by atoms with Crippen molar-refractivity contribution in [3.05, 3.63) is 117 Å². The highest BCUT2D eigenvalue weighted by Crippen LogP contribution is 2.36. The summed E-state index contributed by atoms with van der Waals surface area (Å²) in [5.41, 5.74) is 2.06. The van der Waals surface area contributed by atoms with Gasteiger partial charge in [0, 0.05) is 48.2 Å². The number of aromatic nitrogens is 6. The summed E-state index contributed by atoms with van der Waals surface area (Å²) in [4.78, 5) is 58.5. The molecule has 0 saturated heterocycles. The molecule has 6 aromatic rings. The van der Waals surface area contributed by atoms with Crippen LogP contribution in [0.1, 0.15) is 36.2 Å². The number of hydrogen-bond donors (Lipinski definition) is 2. The summed E-state index contributed by atoms with van der Waals surface area (Å²) in [7, 11) is 0. The molecular weight excluding hydrogens is 542 g/mol. The first-order chi connectivity index (χ1) is 19.8. The van der Waals surface area contributed by atoms with Gasteiger partial charge in [-0.05, 0) is 24.6 Å². The highest BCUT2D eigenvalue weighted by atomic mass is 35.5. The van der Waals surface area contributed by atoms with E-state index in [-0.39, 0.29) is 22.6 Å². The number of carbonyl (C=O) groups is 1. The van der Waals surface area contributed by atoms with Crippen molar-refractivity contribution >= 4 is 45.0 Å². The van der Waals surface area contributed by atoms with Crippen molar-refractivity contribution < 1.29 is 4.79 Å². The second-order valence-corrected chi connectivity index (χ2v) is 9.79. The van der Waals surface area contributed by atoms with Gasteiger partial charge in [0.1, 0.15) is 23.2 Å². The molecule has 0 bridgehead atoms. The fourth-order valence-electron chi connectivity index (χ4n) is 4.92. The van der Waals surface area contributed by atoms with E-state index >= 15 is 0 Å². The van der Waals surface area contributed by atoms with Crippen LogP contribution in [-0.4, -0.2) is 35.3 Å². The van der Waals surface area contributed by atoms with E-state index < -0.39 is 6.04 Å². The molecule has 2 aromatic carbocycles. The number of aromatic amines is 1. The summed E-state index contributed by atoms with van der Waals surface area (Å²) < 4.78 is 1.56. The van der Waals surface area contributed by atoms with Crippen LogP contribution in [0.2, 0.25) is 5.02 Å². The number of anilines is 1. The number of para-hydroxylation sites is 1. The van der Waals surface area contributed by atoms with Crippen molar-refractivity contribution in [1.82, 2.24) is 29.5 Å². The van der Waals surface area contributed by atoms with E-state index in [2.05, 4.69) is 30.2 Å². The Morgan fingerprint density at radius 3 is 2.44 bits per heavy atom. The number of rotatable bonds is 6. The predicted octanol–water partition coefficient (Wildman–Crippen LogP) is 5.11. The highest BCUT2D eigenvalue weighted by molar-refractivity contribution is 6.36. The third kappa shape index (κ3) is 4.53. The van der Waals surface area contributed by atoms with Crippen LogP contribution in [0, 0.1) is 0 Å². The molecule has 0 amide bonds. The van der Waals surface area contributed by atoms with Crippen LogP contribution in [0.4, 0.5) is 5.82 Å². The largest absolute Gasteiger partial charge is 0.361 e. The summed E-state index contributed by atoms with van der Waals surface area (Å²) in [5, 5.41) is 4.83. The van der Waals surface area contributed by atoms with Crippen LogP contribution in [-0.2, 0) is 0 Å². The number of nitrogens with zero attached hydrogens (tertiary/aromatic N) is 5. The standard InChI is InChI=1S/C30H22ClN7O3/c1-16(37-29-24-22(40)11-12-32-28(24)35-15-36-29)26-25(31)21-10-6-9-20(18-13-33-27(17(2)39)34-14-18)23(21)30(41)38(26)19-7-4-3-5-8-19/h3-16H,1-2H3,(H2,32,35,36,37,40)/t16-/m0/s1. The smallest absolute Gasteiger partial charge is 0.263 e. The Morgan fingerprint density at radius 1 is 0.951 bits per heavy atom. The number of nitrogens with one attached hydrogen (secondary N) is 2. The monoisotopic (exact) mass is 563 g/mol. The zero-order chi connectivity index (χ0) is 28.7. The first kappa shape index (κ1) is 26.0. The van der Waals surface area contributed by atoms with E-state index in [1.165, 1.54) is 37.9 Å². The quantitative estimate of drug-likeness (QED) is 0.267. The average molecular weight is 564 g/mol. The molecule has 2 N–H and O–H groups in total. The first-order valence-electron chi connectivity index (χ1n) is 12.7. The minimum atomic E-state index is -0.570. The number of carbonyl (C=O) groups excluding carboxylic acids is 1. The molecule has 0 aliphatic rings. The van der Waals surface area contributed by atoms with Crippen LogP contribution >= 0.6 is 11.6 Å². The highest BCUT2D eigenvalue weighted by Gasteiger charge is 2.24. The van der Waals surface area contributed by atoms with E-state index in [0.29, 0.717) is 55.2 Å². The molecule has 0 radical (unpaired) electrons. The molecule has 11 heteroatoms. The van der Waals surface area contributed by atoms with Gasteiger partial charge >= 0.3 is 0 Å². The number of halogens is 1. The minimum absolute atomic E-state index is 0.0898. The van der Waals surface area contributed by atoms with Crippen LogP contribution < -0.4 is 16.3 Å². The van der Waals surface area contributed by atoms with Crippen molar-refractivity contribution in [3.63, 3.8) is 0 Å². The Kier molecular flexibility index (Phi) is 6.60. The predicted molar refractivity (Wildman–Crippen MR) is 158 cm³/mol. The zero-order valence-corrected chi connectivity index (χ0v) is 22.7. The Morgan fingerprint density at radius 2 is 1.71 bits per heavy atom. The summed E-state index contributed by atoms with van der Waals surface area (Å²) in [5.74, 6) is 0.143. The Labute approximate surface area is 237 Å². The van der Waals surface area contributed by atoms with Gasteiger partial charge in [0.05, 0.1) is 22.1 Å². The van der Waals surface area contributed by atoms with E-state index in [1.807, 2.05) is 37.3 Å². The topological polar surface area (TPSA) is 136 Å². The van der Waals surface area contributed by atoms with E-state index in [0.717, 1.165) is 0 Å². The van der Waals surface area contributed by atoms with Crippen molar-refractivity contribution in [3.8, 4) is 16.8 Å². The number of H-pyrrole nitrogens is 1. The number of fused-ring (bicyclic) bond motifs is 2. The molecule has 0 fully saturated rings. The molecular formula is C30H22ClN7O3. The third-order valence-corrected chi connectivity index (χ3v) is 7.18. The third-order valence-electron chi connectivity index (χ3n) is 6.79. The SMILES string of the molecule is CC(=O)c1ncc(-c2cccc3c(Cl)c([C@H](C)Nc4ncnc5[nH]ccc(=O)c45)n(-c4ccccc4)c(=O)c23)cn1. The molecule has 0 saturated carbocycles. The van der Waals surface area contributed by atoms with E-state index in [1.54, 1.807) is 22.8 Å². The summed E-state index contributed by atoms with van der Waals surface area (Å²) in [6.07, 6.45) is 5.92. The van der Waals surface area contributed by atoms with Crippen LogP contribution in [0.25, 0.3) is 38.6 Å². The van der Waals surface area contributed by atoms with Crippen molar-refractivity contribution in [2.45, 2.75) is 19.9 Å². The summed E-state index contributed by atoms with van der Waals surface area (Å²) in [6, 6.07) is 15.4. The van der Waals surface area contributed by atoms with Gasteiger partial charge in [0.25, 0.3) is 5.56 Å². The summed E-state index contributed by atoms with van der Waals surface area (Å²) in [6.45, 7) is 3.23. The van der Waals surface area contributed by atoms with Gasteiger partial charge in [-0.25, -0.2) is 19.9 Å². The number of pyridine rings is 2. The number of hydrogen-bond acceptors (Lipinski definition) is 8.